The highest BCUT2D eigenvalue weighted by atomic mass is 16.6. The summed E-state index contributed by atoms with van der Waals surface area (Å²) in [7, 11) is 0. The lowest BCUT2D eigenvalue weighted by Crippen LogP contribution is -2.30. The van der Waals surface area contributed by atoms with Gasteiger partial charge >= 0.3 is 17.9 Å². The van der Waals surface area contributed by atoms with Gasteiger partial charge in [-0.1, -0.05) is 256 Å². The predicted molar refractivity (Wildman–Crippen MR) is 289 cm³/mol. The van der Waals surface area contributed by atoms with Gasteiger partial charge in [-0.15, -0.1) is 0 Å². The highest BCUT2D eigenvalue weighted by Gasteiger charge is 2.19. The zero-order valence-corrected chi connectivity index (χ0v) is 44.7. The van der Waals surface area contributed by atoms with E-state index in [9.17, 15) is 14.4 Å². The summed E-state index contributed by atoms with van der Waals surface area (Å²) in [6.45, 7) is 6.61. The smallest absolute Gasteiger partial charge is 0.306 e. The minimum Gasteiger partial charge on any atom is -0.462 e. The summed E-state index contributed by atoms with van der Waals surface area (Å²) in [5, 5.41) is 0. The Morgan fingerprint density at radius 2 is 0.552 bits per heavy atom. The van der Waals surface area contributed by atoms with Gasteiger partial charge in [-0.25, -0.2) is 0 Å². The Bertz CT molecular complexity index is 1170. The van der Waals surface area contributed by atoms with Crippen LogP contribution in [0.25, 0.3) is 0 Å². The molecule has 0 unspecified atom stereocenters. The number of allylic oxidation sites excluding steroid dienone is 8. The lowest BCUT2D eigenvalue weighted by Gasteiger charge is -2.18. The first-order chi connectivity index (χ1) is 33.0. The van der Waals surface area contributed by atoms with Crippen LogP contribution in [0.3, 0.4) is 0 Å². The molecule has 0 radical (unpaired) electrons. The Morgan fingerprint density at radius 1 is 0.299 bits per heavy atom. The Morgan fingerprint density at radius 3 is 0.910 bits per heavy atom. The van der Waals surface area contributed by atoms with E-state index in [4.69, 9.17) is 14.2 Å². The molecule has 0 fully saturated rings. The van der Waals surface area contributed by atoms with E-state index in [1.807, 2.05) is 0 Å². The number of hydrogen-bond donors (Lipinski definition) is 0. The van der Waals surface area contributed by atoms with E-state index < -0.39 is 6.10 Å². The van der Waals surface area contributed by atoms with Crippen molar-refractivity contribution in [3.8, 4) is 0 Å². The zero-order valence-electron chi connectivity index (χ0n) is 44.7. The second-order valence-electron chi connectivity index (χ2n) is 19.6. The first kappa shape index (κ1) is 64.4. The van der Waals surface area contributed by atoms with Crippen LogP contribution in [0.2, 0.25) is 0 Å². The van der Waals surface area contributed by atoms with E-state index in [2.05, 4.69) is 69.4 Å². The molecule has 6 heteroatoms. The molecule has 0 aromatic carbocycles. The van der Waals surface area contributed by atoms with Crippen molar-refractivity contribution in [2.45, 2.75) is 309 Å². The summed E-state index contributed by atoms with van der Waals surface area (Å²) in [6, 6.07) is 0. The van der Waals surface area contributed by atoms with Crippen LogP contribution in [-0.4, -0.2) is 37.2 Å². The number of ether oxygens (including phenoxy) is 3. The molecule has 67 heavy (non-hydrogen) atoms. The van der Waals surface area contributed by atoms with Crippen molar-refractivity contribution in [1.82, 2.24) is 0 Å². The van der Waals surface area contributed by atoms with Gasteiger partial charge in [-0.05, 0) is 77.0 Å². The van der Waals surface area contributed by atoms with Gasteiger partial charge < -0.3 is 14.2 Å². The summed E-state index contributed by atoms with van der Waals surface area (Å²) in [5.74, 6) is -0.937. The Balaban J connectivity index is 4.42. The van der Waals surface area contributed by atoms with Crippen molar-refractivity contribution < 1.29 is 28.6 Å². The van der Waals surface area contributed by atoms with Crippen LogP contribution in [0.15, 0.2) is 48.6 Å². The summed E-state index contributed by atoms with van der Waals surface area (Å²) in [6.07, 6.45) is 68.2. The molecule has 390 valence electrons. The monoisotopic (exact) mass is 939 g/mol. The SMILES string of the molecule is CCCCCCCC/C=C\C/C=C\C/C=C\CCCC(=O)OC[C@H](COC(=O)CCCCCCCCCCCCCCCCCCC)OC(=O)CCCCCCC/C=C\CCCCCCCC. The molecule has 0 amide bonds. The Kier molecular flexibility index (Phi) is 53.8. The maximum atomic E-state index is 12.8. The van der Waals surface area contributed by atoms with Crippen molar-refractivity contribution in [3.63, 3.8) is 0 Å². The lowest BCUT2D eigenvalue weighted by molar-refractivity contribution is -0.167. The average Bonchev–Trinajstić information content (AvgIpc) is 3.33. The first-order valence-electron chi connectivity index (χ1n) is 29.1. The third kappa shape index (κ3) is 54.2. The van der Waals surface area contributed by atoms with Crippen LogP contribution < -0.4 is 0 Å². The van der Waals surface area contributed by atoms with Gasteiger partial charge in [-0.2, -0.15) is 0 Å². The second kappa shape index (κ2) is 56.0. The second-order valence-corrected chi connectivity index (χ2v) is 19.6. The number of hydrogen-bond acceptors (Lipinski definition) is 6. The molecule has 0 N–H and O–H groups in total. The molecule has 0 aromatic heterocycles. The molecule has 0 aliphatic carbocycles. The van der Waals surface area contributed by atoms with Crippen LogP contribution in [0.4, 0.5) is 0 Å². The fraction of sp³-hybridized carbons (Fsp3) is 0.820. The third-order valence-electron chi connectivity index (χ3n) is 12.8. The van der Waals surface area contributed by atoms with Gasteiger partial charge in [0.05, 0.1) is 0 Å². The highest BCUT2D eigenvalue weighted by Crippen LogP contribution is 2.16. The van der Waals surface area contributed by atoms with Gasteiger partial charge in [0, 0.05) is 19.3 Å². The summed E-state index contributed by atoms with van der Waals surface area (Å²) >= 11 is 0. The van der Waals surface area contributed by atoms with E-state index in [1.54, 1.807) is 0 Å². The standard InChI is InChI=1S/C61H110O6/c1-4-7-10-13-16-19-22-25-28-30-33-35-38-41-44-47-50-53-59(62)65-56-58(67-61(64)55-52-49-46-43-40-37-32-27-24-21-18-15-12-9-6-3)57-66-60(63)54-51-48-45-42-39-36-34-31-29-26-23-20-17-14-11-8-5-2/h25,27-28,32-33,35,41,44,58H,4-24,26,29-31,34,36-40,42-43,45-57H2,1-3H3/b28-25-,32-27-,35-33-,44-41-/t58-/m1/s1. The number of rotatable bonds is 53. The van der Waals surface area contributed by atoms with E-state index in [1.165, 1.54) is 186 Å². The highest BCUT2D eigenvalue weighted by molar-refractivity contribution is 5.71. The van der Waals surface area contributed by atoms with Crippen LogP contribution in [0.5, 0.6) is 0 Å². The minimum atomic E-state index is -0.795. The topological polar surface area (TPSA) is 78.9 Å². The van der Waals surface area contributed by atoms with Crippen molar-refractivity contribution in [3.05, 3.63) is 48.6 Å². The number of unbranched alkanes of at least 4 members (excludes halogenated alkanes) is 34. The summed E-state index contributed by atoms with van der Waals surface area (Å²) in [5.41, 5.74) is 0. The molecule has 0 aromatic rings. The molecule has 1 atom stereocenters. The van der Waals surface area contributed by atoms with Crippen molar-refractivity contribution >= 4 is 17.9 Å². The maximum absolute atomic E-state index is 12.8. The van der Waals surface area contributed by atoms with Gasteiger partial charge in [0.15, 0.2) is 6.10 Å². The lowest BCUT2D eigenvalue weighted by atomic mass is 10.0. The van der Waals surface area contributed by atoms with E-state index in [-0.39, 0.29) is 37.5 Å². The first-order valence-corrected chi connectivity index (χ1v) is 29.1. The fourth-order valence-corrected chi connectivity index (χ4v) is 8.40. The van der Waals surface area contributed by atoms with Crippen molar-refractivity contribution in [2.24, 2.45) is 0 Å². The molecule has 0 aliphatic heterocycles. The quantitative estimate of drug-likeness (QED) is 0.0262. The average molecular weight is 940 g/mol. The molecule has 0 saturated carbocycles. The number of carbonyl (C=O) groups is 3. The third-order valence-corrected chi connectivity index (χ3v) is 12.8. The Hall–Kier alpha value is -2.63. The molecule has 6 nitrogen and oxygen atoms in total. The molecule has 0 saturated heterocycles. The van der Waals surface area contributed by atoms with Crippen LogP contribution >= 0.6 is 0 Å². The van der Waals surface area contributed by atoms with E-state index in [0.717, 1.165) is 70.6 Å². The normalized spacial score (nSPS) is 12.3. The van der Waals surface area contributed by atoms with E-state index >= 15 is 0 Å². The molecule has 0 aliphatic rings. The fourth-order valence-electron chi connectivity index (χ4n) is 8.40. The molecule has 0 spiro atoms. The Labute approximate surface area is 416 Å². The van der Waals surface area contributed by atoms with Crippen LogP contribution in [0.1, 0.15) is 303 Å². The van der Waals surface area contributed by atoms with E-state index in [0.29, 0.717) is 19.3 Å². The number of carbonyl (C=O) groups excluding carboxylic acids is 3. The predicted octanol–water partition coefficient (Wildman–Crippen LogP) is 19.4. The molecule has 0 bridgehead atoms. The largest absolute Gasteiger partial charge is 0.462 e. The van der Waals surface area contributed by atoms with Gasteiger partial charge in [0.2, 0.25) is 0 Å². The van der Waals surface area contributed by atoms with Crippen LogP contribution in [0, 0.1) is 0 Å². The molecule has 0 heterocycles. The zero-order chi connectivity index (χ0) is 48.6. The molecular formula is C61H110O6. The molecule has 0 rings (SSSR count). The maximum Gasteiger partial charge on any atom is 0.306 e. The van der Waals surface area contributed by atoms with Crippen molar-refractivity contribution in [1.29, 1.82) is 0 Å². The minimum absolute atomic E-state index is 0.0889. The van der Waals surface area contributed by atoms with Crippen molar-refractivity contribution in [2.75, 3.05) is 13.2 Å². The summed E-state index contributed by atoms with van der Waals surface area (Å²) in [4.78, 5) is 38.1. The van der Waals surface area contributed by atoms with Gasteiger partial charge in [-0.3, -0.25) is 14.4 Å². The van der Waals surface area contributed by atoms with Gasteiger partial charge in [0.1, 0.15) is 13.2 Å². The van der Waals surface area contributed by atoms with Crippen LogP contribution in [-0.2, 0) is 28.6 Å². The van der Waals surface area contributed by atoms with Gasteiger partial charge in [0.25, 0.3) is 0 Å². The number of esters is 3. The summed E-state index contributed by atoms with van der Waals surface area (Å²) < 4.78 is 16.8. The molecular weight excluding hydrogens is 829 g/mol.